The van der Waals surface area contributed by atoms with Crippen LogP contribution in [0, 0.1) is 12.7 Å². The van der Waals surface area contributed by atoms with Crippen LogP contribution in [-0.2, 0) is 0 Å². The number of nitrogens with one attached hydrogen (secondary N) is 3. The molecule has 1 heterocycles. The van der Waals surface area contributed by atoms with Gasteiger partial charge in [-0.2, -0.15) is 4.98 Å². The van der Waals surface area contributed by atoms with Crippen molar-refractivity contribution in [1.29, 1.82) is 0 Å². The maximum atomic E-state index is 14.7. The average Bonchev–Trinajstić information content (AvgIpc) is 2.91. The van der Waals surface area contributed by atoms with Gasteiger partial charge in [-0.05, 0) is 61.0 Å². The average molecular weight is 501 g/mol. The molecule has 0 saturated carbocycles. The number of rotatable bonds is 7. The zero-order chi connectivity index (χ0) is 26.4. The third-order valence-corrected chi connectivity index (χ3v) is 5.46. The van der Waals surface area contributed by atoms with E-state index in [1.165, 1.54) is 0 Å². The van der Waals surface area contributed by atoms with Crippen molar-refractivity contribution < 1.29 is 18.7 Å². The van der Waals surface area contributed by atoms with Crippen LogP contribution in [-0.4, -0.2) is 36.1 Å². The highest BCUT2D eigenvalue weighted by Gasteiger charge is 2.15. The molecule has 3 aromatic carbocycles. The van der Waals surface area contributed by atoms with E-state index in [0.29, 0.717) is 28.4 Å². The number of halogens is 1. The number of aryl methyl sites for hydroxylation is 1. The Bertz CT molecular complexity index is 1410. The quantitative estimate of drug-likeness (QED) is 0.312. The minimum Gasteiger partial charge on any atom is -0.410 e. The van der Waals surface area contributed by atoms with Gasteiger partial charge in [0.1, 0.15) is 5.75 Å². The Morgan fingerprint density at radius 2 is 1.68 bits per heavy atom. The Labute approximate surface area is 213 Å². The topological polar surface area (TPSA) is 108 Å². The van der Waals surface area contributed by atoms with Gasteiger partial charge in [-0.15, -0.1) is 0 Å². The van der Waals surface area contributed by atoms with Gasteiger partial charge in [0.25, 0.3) is 5.91 Å². The van der Waals surface area contributed by atoms with Crippen LogP contribution in [0.1, 0.15) is 15.9 Å². The summed E-state index contributed by atoms with van der Waals surface area (Å²) in [5.74, 6) is -0.197. The van der Waals surface area contributed by atoms with Gasteiger partial charge in [0.05, 0.1) is 6.20 Å². The molecule has 0 aliphatic heterocycles. The molecule has 37 heavy (non-hydrogen) atoms. The number of benzene rings is 3. The van der Waals surface area contributed by atoms with Crippen molar-refractivity contribution in [3.63, 3.8) is 0 Å². The molecule has 1 aromatic heterocycles. The molecule has 0 aliphatic carbocycles. The predicted octanol–water partition coefficient (Wildman–Crippen LogP) is 5.41. The lowest BCUT2D eigenvalue weighted by molar-refractivity contribution is 0.0962. The van der Waals surface area contributed by atoms with E-state index < -0.39 is 11.9 Å². The van der Waals surface area contributed by atoms with Gasteiger partial charge in [0.15, 0.2) is 11.6 Å². The molecule has 0 aliphatic rings. The van der Waals surface area contributed by atoms with Crippen molar-refractivity contribution in [2.75, 3.05) is 29.6 Å². The molecule has 4 aromatic rings. The smallest absolute Gasteiger partial charge is 0.410 e. The van der Waals surface area contributed by atoms with Crippen LogP contribution in [0.25, 0.3) is 0 Å². The normalized spacial score (nSPS) is 10.4. The van der Waals surface area contributed by atoms with Gasteiger partial charge >= 0.3 is 6.09 Å². The van der Waals surface area contributed by atoms with Gasteiger partial charge in [-0.25, -0.2) is 14.2 Å². The summed E-state index contributed by atoms with van der Waals surface area (Å²) in [6, 6.07) is 20.7. The summed E-state index contributed by atoms with van der Waals surface area (Å²) >= 11 is 0. The van der Waals surface area contributed by atoms with E-state index in [-0.39, 0.29) is 17.7 Å². The monoisotopic (exact) mass is 500 g/mol. The van der Waals surface area contributed by atoms with E-state index in [2.05, 4.69) is 25.9 Å². The molecule has 3 N–H and O–H groups in total. The van der Waals surface area contributed by atoms with Gasteiger partial charge < -0.3 is 20.3 Å². The highest BCUT2D eigenvalue weighted by atomic mass is 19.1. The summed E-state index contributed by atoms with van der Waals surface area (Å²) in [5.41, 5.74) is 3.05. The minimum atomic E-state index is -0.624. The van der Waals surface area contributed by atoms with Crippen molar-refractivity contribution in [3.8, 4) is 5.75 Å². The van der Waals surface area contributed by atoms with E-state index in [0.717, 1.165) is 11.8 Å². The number of nitrogens with zero attached hydrogens (tertiary/aromatic N) is 3. The molecular weight excluding hydrogens is 475 g/mol. The molecule has 0 atom stereocenters. The van der Waals surface area contributed by atoms with Crippen molar-refractivity contribution in [1.82, 2.24) is 15.3 Å². The Balaban J connectivity index is 1.47. The largest absolute Gasteiger partial charge is 0.417 e. The SMILES string of the molecule is CNC(=O)c1cc(Nc2ncc(F)c(N(C)c3ccc(NC(=O)Oc4ccccc4)cc3)n2)ccc1C. The van der Waals surface area contributed by atoms with Crippen LogP contribution in [0.3, 0.4) is 0 Å². The van der Waals surface area contributed by atoms with Crippen LogP contribution in [0.2, 0.25) is 0 Å². The summed E-state index contributed by atoms with van der Waals surface area (Å²) in [4.78, 5) is 34.1. The molecule has 0 fully saturated rings. The summed E-state index contributed by atoms with van der Waals surface area (Å²) in [5, 5.41) is 8.27. The summed E-state index contributed by atoms with van der Waals surface area (Å²) in [6.07, 6.45) is 0.449. The number of amides is 2. The molecule has 0 bridgehead atoms. The fourth-order valence-electron chi connectivity index (χ4n) is 3.49. The van der Waals surface area contributed by atoms with Crippen LogP contribution in [0.15, 0.2) is 79.0 Å². The zero-order valence-corrected chi connectivity index (χ0v) is 20.4. The van der Waals surface area contributed by atoms with Gasteiger partial charge in [-0.3, -0.25) is 10.1 Å². The van der Waals surface area contributed by atoms with Crippen molar-refractivity contribution in [2.24, 2.45) is 0 Å². The van der Waals surface area contributed by atoms with Crippen LogP contribution >= 0.6 is 0 Å². The summed E-state index contributed by atoms with van der Waals surface area (Å²) < 4.78 is 19.9. The molecule has 188 valence electrons. The minimum absolute atomic E-state index is 0.0420. The first-order chi connectivity index (χ1) is 17.8. The first-order valence-electron chi connectivity index (χ1n) is 11.3. The second-order valence-corrected chi connectivity index (χ2v) is 8.03. The number of anilines is 5. The Hall–Kier alpha value is -4.99. The Kier molecular flexibility index (Phi) is 7.58. The number of aromatic nitrogens is 2. The number of hydrogen-bond acceptors (Lipinski definition) is 7. The second-order valence-electron chi connectivity index (χ2n) is 8.03. The van der Waals surface area contributed by atoms with Crippen molar-refractivity contribution >= 4 is 40.8 Å². The standard InChI is InChI=1S/C27H25FN6O3/c1-17-9-10-19(15-22(17)25(35)29-2)31-26-30-16-23(28)24(33-26)34(3)20-13-11-18(12-14-20)32-27(36)37-21-7-5-4-6-8-21/h4-16H,1-3H3,(H,29,35)(H,32,36)(H,30,31,33). The van der Waals surface area contributed by atoms with Gasteiger partial charge in [-0.1, -0.05) is 24.3 Å². The van der Waals surface area contributed by atoms with Crippen LogP contribution in [0.5, 0.6) is 5.75 Å². The fraction of sp³-hybridized carbons (Fsp3) is 0.111. The Morgan fingerprint density at radius 3 is 2.38 bits per heavy atom. The van der Waals surface area contributed by atoms with Gasteiger partial charge in [0, 0.05) is 36.7 Å². The number of para-hydroxylation sites is 1. The number of carbonyl (C=O) groups is 2. The van der Waals surface area contributed by atoms with Crippen molar-refractivity contribution in [3.05, 3.63) is 95.9 Å². The molecule has 2 amide bonds. The molecule has 0 spiro atoms. The molecule has 0 radical (unpaired) electrons. The van der Waals surface area contributed by atoms with E-state index >= 15 is 0 Å². The predicted molar refractivity (Wildman–Crippen MR) is 140 cm³/mol. The zero-order valence-electron chi connectivity index (χ0n) is 20.4. The fourth-order valence-corrected chi connectivity index (χ4v) is 3.49. The molecule has 0 saturated heterocycles. The third kappa shape index (κ3) is 6.17. The number of ether oxygens (including phenoxy) is 1. The summed E-state index contributed by atoms with van der Waals surface area (Å²) in [7, 11) is 3.23. The van der Waals surface area contributed by atoms with E-state index in [1.54, 1.807) is 85.7 Å². The Morgan fingerprint density at radius 1 is 0.973 bits per heavy atom. The molecule has 4 rings (SSSR count). The van der Waals surface area contributed by atoms with Gasteiger partial charge in [0.2, 0.25) is 5.95 Å². The van der Waals surface area contributed by atoms with Crippen molar-refractivity contribution in [2.45, 2.75) is 6.92 Å². The second kappa shape index (κ2) is 11.2. The van der Waals surface area contributed by atoms with E-state index in [4.69, 9.17) is 4.74 Å². The maximum Gasteiger partial charge on any atom is 0.417 e. The van der Waals surface area contributed by atoms with E-state index in [1.807, 2.05) is 13.0 Å². The molecule has 9 nitrogen and oxygen atoms in total. The number of hydrogen-bond donors (Lipinski definition) is 3. The highest BCUT2D eigenvalue weighted by molar-refractivity contribution is 5.96. The van der Waals surface area contributed by atoms with Crippen LogP contribution in [0.4, 0.5) is 38.0 Å². The first kappa shape index (κ1) is 25.1. The molecule has 0 unspecified atom stereocenters. The lowest BCUT2D eigenvalue weighted by atomic mass is 10.1. The molecular formula is C27H25FN6O3. The lowest BCUT2D eigenvalue weighted by Crippen LogP contribution is -2.19. The number of carbonyl (C=O) groups excluding carboxylic acids is 2. The lowest BCUT2D eigenvalue weighted by Gasteiger charge is -2.20. The summed E-state index contributed by atoms with van der Waals surface area (Å²) in [6.45, 7) is 1.84. The third-order valence-electron chi connectivity index (χ3n) is 5.46. The van der Waals surface area contributed by atoms with E-state index in [9.17, 15) is 14.0 Å². The van der Waals surface area contributed by atoms with Crippen LogP contribution < -0.4 is 25.6 Å². The molecule has 10 heteroatoms. The first-order valence-corrected chi connectivity index (χ1v) is 11.3. The highest BCUT2D eigenvalue weighted by Crippen LogP contribution is 2.27. The maximum absolute atomic E-state index is 14.7.